The van der Waals surface area contributed by atoms with Crippen molar-refractivity contribution in [3.05, 3.63) is 41.7 Å². The Morgan fingerprint density at radius 1 is 1.20 bits per heavy atom. The van der Waals surface area contributed by atoms with Crippen molar-refractivity contribution in [2.75, 3.05) is 27.3 Å². The third-order valence-corrected chi connectivity index (χ3v) is 3.83. The summed E-state index contributed by atoms with van der Waals surface area (Å²) in [6.45, 7) is 1.41. The summed E-state index contributed by atoms with van der Waals surface area (Å²) >= 11 is 0. The van der Waals surface area contributed by atoms with Crippen LogP contribution in [-0.4, -0.2) is 43.0 Å². The highest BCUT2D eigenvalue weighted by Crippen LogP contribution is 2.27. The van der Waals surface area contributed by atoms with E-state index in [1.165, 1.54) is 5.56 Å². The van der Waals surface area contributed by atoms with Crippen LogP contribution < -0.4 is 20.5 Å². The lowest BCUT2D eigenvalue weighted by molar-refractivity contribution is 0.354. The molecule has 7 heteroatoms. The van der Waals surface area contributed by atoms with Gasteiger partial charge in [-0.25, -0.2) is 0 Å². The predicted molar refractivity (Wildman–Crippen MR) is 99.3 cm³/mol. The minimum absolute atomic E-state index is 0.478. The van der Waals surface area contributed by atoms with Crippen LogP contribution in [0.3, 0.4) is 0 Å². The summed E-state index contributed by atoms with van der Waals surface area (Å²) in [5, 5.41) is 7.29. The molecule has 0 spiro atoms. The molecule has 0 amide bonds. The Morgan fingerprint density at radius 2 is 2.00 bits per heavy atom. The summed E-state index contributed by atoms with van der Waals surface area (Å²) < 4.78 is 12.4. The lowest BCUT2D eigenvalue weighted by Gasteiger charge is -2.10. The molecule has 0 saturated heterocycles. The quantitative estimate of drug-likeness (QED) is 0.409. The standard InChI is InChI=1S/C18H27N5O2/c1-23-13-15(12-22-23)5-4-9-20-18(19)21-10-8-14-6-7-16(24-2)17(11-14)25-3/h6-7,11-13H,4-5,8-10H2,1-3H3,(H3,19,20,21). The van der Waals surface area contributed by atoms with E-state index in [-0.39, 0.29) is 0 Å². The van der Waals surface area contributed by atoms with Gasteiger partial charge in [-0.05, 0) is 42.5 Å². The molecular weight excluding hydrogens is 318 g/mol. The molecule has 1 aromatic carbocycles. The first kappa shape index (κ1) is 18.6. The van der Waals surface area contributed by atoms with Gasteiger partial charge in [0.25, 0.3) is 0 Å². The van der Waals surface area contributed by atoms with E-state index in [0.29, 0.717) is 19.0 Å². The maximum atomic E-state index is 5.90. The Kier molecular flexibility index (Phi) is 7.13. The van der Waals surface area contributed by atoms with Gasteiger partial charge in [-0.2, -0.15) is 5.10 Å². The minimum atomic E-state index is 0.478. The van der Waals surface area contributed by atoms with E-state index in [1.807, 2.05) is 42.3 Å². The SMILES string of the molecule is COc1ccc(CCNC(N)=NCCCc2cnn(C)c2)cc1OC. The van der Waals surface area contributed by atoms with E-state index in [1.54, 1.807) is 14.2 Å². The van der Waals surface area contributed by atoms with Gasteiger partial charge >= 0.3 is 0 Å². The molecule has 0 fully saturated rings. The first-order valence-corrected chi connectivity index (χ1v) is 8.34. The number of benzene rings is 1. The van der Waals surface area contributed by atoms with Crippen LogP contribution in [-0.2, 0) is 19.9 Å². The van der Waals surface area contributed by atoms with Crippen molar-refractivity contribution < 1.29 is 9.47 Å². The summed E-state index contributed by atoms with van der Waals surface area (Å²) in [5.41, 5.74) is 8.27. The molecule has 1 heterocycles. The number of ether oxygens (including phenoxy) is 2. The van der Waals surface area contributed by atoms with E-state index >= 15 is 0 Å². The van der Waals surface area contributed by atoms with Gasteiger partial charge in [-0.1, -0.05) is 6.07 Å². The van der Waals surface area contributed by atoms with Crippen LogP contribution in [0.5, 0.6) is 11.5 Å². The Bertz CT molecular complexity index is 697. The number of nitrogens with zero attached hydrogens (tertiary/aromatic N) is 3. The van der Waals surface area contributed by atoms with Gasteiger partial charge in [0, 0.05) is 26.3 Å². The Morgan fingerprint density at radius 3 is 2.68 bits per heavy atom. The van der Waals surface area contributed by atoms with Crippen molar-refractivity contribution in [2.24, 2.45) is 17.8 Å². The number of guanidine groups is 1. The number of aryl methyl sites for hydroxylation is 2. The summed E-state index contributed by atoms with van der Waals surface area (Å²) in [6, 6.07) is 5.90. The molecule has 0 aliphatic rings. The number of nitrogens with one attached hydrogen (secondary N) is 1. The summed E-state index contributed by atoms with van der Waals surface area (Å²) in [5.74, 6) is 1.94. The fraction of sp³-hybridized carbons (Fsp3) is 0.444. The third-order valence-electron chi connectivity index (χ3n) is 3.83. The highest BCUT2D eigenvalue weighted by molar-refractivity contribution is 5.77. The lowest BCUT2D eigenvalue weighted by Crippen LogP contribution is -2.33. The van der Waals surface area contributed by atoms with Gasteiger partial charge in [0.05, 0.1) is 20.4 Å². The molecule has 0 aliphatic heterocycles. The van der Waals surface area contributed by atoms with Crippen LogP contribution in [0.25, 0.3) is 0 Å². The van der Waals surface area contributed by atoms with E-state index in [2.05, 4.69) is 15.4 Å². The molecule has 136 valence electrons. The van der Waals surface area contributed by atoms with Gasteiger partial charge in [0.15, 0.2) is 17.5 Å². The number of rotatable bonds is 9. The number of aliphatic imine (C=N–C) groups is 1. The van der Waals surface area contributed by atoms with Crippen LogP contribution in [0, 0.1) is 0 Å². The second-order valence-electron chi connectivity index (χ2n) is 5.76. The van der Waals surface area contributed by atoms with Crippen molar-refractivity contribution >= 4 is 5.96 Å². The van der Waals surface area contributed by atoms with E-state index in [9.17, 15) is 0 Å². The van der Waals surface area contributed by atoms with E-state index < -0.39 is 0 Å². The zero-order chi connectivity index (χ0) is 18.1. The van der Waals surface area contributed by atoms with Gasteiger partial charge in [-0.3, -0.25) is 9.67 Å². The van der Waals surface area contributed by atoms with Crippen LogP contribution in [0.2, 0.25) is 0 Å². The van der Waals surface area contributed by atoms with Crippen LogP contribution in [0.4, 0.5) is 0 Å². The summed E-state index contributed by atoms with van der Waals surface area (Å²) in [4.78, 5) is 4.35. The summed E-state index contributed by atoms with van der Waals surface area (Å²) in [6.07, 6.45) is 6.63. The van der Waals surface area contributed by atoms with Crippen molar-refractivity contribution in [1.29, 1.82) is 0 Å². The first-order chi connectivity index (χ1) is 12.1. The topological polar surface area (TPSA) is 86.7 Å². The molecule has 0 saturated carbocycles. The van der Waals surface area contributed by atoms with Gasteiger partial charge in [0.2, 0.25) is 0 Å². The normalized spacial score (nSPS) is 11.4. The van der Waals surface area contributed by atoms with Gasteiger partial charge in [0.1, 0.15) is 0 Å². The molecule has 0 bridgehead atoms. The number of aromatic nitrogens is 2. The van der Waals surface area contributed by atoms with Crippen molar-refractivity contribution in [1.82, 2.24) is 15.1 Å². The van der Waals surface area contributed by atoms with Gasteiger partial charge < -0.3 is 20.5 Å². The van der Waals surface area contributed by atoms with E-state index in [0.717, 1.165) is 36.3 Å². The highest BCUT2D eigenvalue weighted by atomic mass is 16.5. The second-order valence-corrected chi connectivity index (χ2v) is 5.76. The molecule has 1 aromatic heterocycles. The van der Waals surface area contributed by atoms with Gasteiger partial charge in [-0.15, -0.1) is 0 Å². The molecule has 2 aromatic rings. The van der Waals surface area contributed by atoms with Crippen LogP contribution >= 0.6 is 0 Å². The number of hydrogen-bond donors (Lipinski definition) is 2. The lowest BCUT2D eigenvalue weighted by atomic mass is 10.1. The van der Waals surface area contributed by atoms with Crippen LogP contribution in [0.15, 0.2) is 35.6 Å². The minimum Gasteiger partial charge on any atom is -0.493 e. The average Bonchev–Trinajstić information content (AvgIpc) is 3.03. The molecule has 25 heavy (non-hydrogen) atoms. The molecule has 0 atom stereocenters. The molecule has 7 nitrogen and oxygen atoms in total. The fourth-order valence-corrected chi connectivity index (χ4v) is 2.51. The Hall–Kier alpha value is -2.70. The maximum absolute atomic E-state index is 5.90. The third kappa shape index (κ3) is 6.02. The zero-order valence-corrected chi connectivity index (χ0v) is 15.2. The fourth-order valence-electron chi connectivity index (χ4n) is 2.51. The van der Waals surface area contributed by atoms with E-state index in [4.69, 9.17) is 15.2 Å². The largest absolute Gasteiger partial charge is 0.493 e. The first-order valence-electron chi connectivity index (χ1n) is 8.34. The Labute approximate surface area is 148 Å². The van der Waals surface area contributed by atoms with Crippen molar-refractivity contribution in [3.63, 3.8) is 0 Å². The maximum Gasteiger partial charge on any atom is 0.188 e. The van der Waals surface area contributed by atoms with Crippen molar-refractivity contribution in [2.45, 2.75) is 19.3 Å². The highest BCUT2D eigenvalue weighted by Gasteiger charge is 2.04. The zero-order valence-electron chi connectivity index (χ0n) is 15.2. The smallest absolute Gasteiger partial charge is 0.188 e. The molecule has 0 radical (unpaired) electrons. The summed E-state index contributed by atoms with van der Waals surface area (Å²) in [7, 11) is 5.18. The molecule has 2 rings (SSSR count). The Balaban J connectivity index is 1.69. The molecule has 0 aliphatic carbocycles. The predicted octanol–water partition coefficient (Wildman–Crippen LogP) is 1.52. The molecule has 0 unspecified atom stereocenters. The monoisotopic (exact) mass is 345 g/mol. The number of nitrogens with two attached hydrogens (primary N) is 1. The molecule has 3 N–H and O–H groups in total. The average molecular weight is 345 g/mol. The number of hydrogen-bond acceptors (Lipinski definition) is 4. The molecular formula is C18H27N5O2. The second kappa shape index (κ2) is 9.56. The van der Waals surface area contributed by atoms with Crippen LogP contribution in [0.1, 0.15) is 17.5 Å². The van der Waals surface area contributed by atoms with Crippen molar-refractivity contribution in [3.8, 4) is 11.5 Å². The number of methoxy groups -OCH3 is 2.